The maximum atomic E-state index is 12.5. The number of methoxy groups -OCH3 is 1. The molecule has 0 aromatic heterocycles. The molecule has 0 radical (unpaired) electrons. The van der Waals surface area contributed by atoms with Gasteiger partial charge < -0.3 is 15.8 Å². The molecule has 0 aliphatic carbocycles. The number of anilines is 1. The zero-order valence-electron chi connectivity index (χ0n) is 12.2. The Hall–Kier alpha value is -1.55. The molecular formula is C15H24N2O2. The minimum atomic E-state index is -0.505. The van der Waals surface area contributed by atoms with Crippen LogP contribution in [0.3, 0.4) is 0 Å². The van der Waals surface area contributed by atoms with Gasteiger partial charge in [-0.15, -0.1) is 0 Å². The molecule has 0 aliphatic rings. The highest BCUT2D eigenvalue weighted by atomic mass is 16.5. The van der Waals surface area contributed by atoms with Crippen LogP contribution < -0.4 is 15.8 Å². The summed E-state index contributed by atoms with van der Waals surface area (Å²) in [6, 6.07) is 5.71. The Kier molecular flexibility index (Phi) is 5.36. The summed E-state index contributed by atoms with van der Waals surface area (Å²) in [5, 5.41) is 2.95. The minimum Gasteiger partial charge on any atom is -0.495 e. The molecule has 0 spiro atoms. The lowest BCUT2D eigenvalue weighted by molar-refractivity contribution is -0.125. The number of nitrogens with two attached hydrogens (primary N) is 1. The second kappa shape index (κ2) is 6.57. The Bertz CT molecular complexity index is 432. The fourth-order valence-corrected chi connectivity index (χ4v) is 2.13. The van der Waals surface area contributed by atoms with E-state index in [-0.39, 0.29) is 5.91 Å². The fourth-order valence-electron chi connectivity index (χ4n) is 2.13. The first-order valence-corrected chi connectivity index (χ1v) is 6.69. The Morgan fingerprint density at radius 3 is 2.47 bits per heavy atom. The lowest BCUT2D eigenvalue weighted by Gasteiger charge is -2.28. The van der Waals surface area contributed by atoms with Crippen molar-refractivity contribution < 1.29 is 9.53 Å². The van der Waals surface area contributed by atoms with Crippen LogP contribution in [0.1, 0.15) is 32.3 Å². The van der Waals surface area contributed by atoms with Crippen molar-refractivity contribution in [2.45, 2.75) is 33.6 Å². The number of nitrogens with one attached hydrogen (secondary N) is 1. The number of rotatable bonds is 6. The highest BCUT2D eigenvalue weighted by Crippen LogP contribution is 2.30. The molecule has 0 fully saturated rings. The molecule has 0 saturated carbocycles. The molecule has 0 atom stereocenters. The van der Waals surface area contributed by atoms with Gasteiger partial charge in [0.1, 0.15) is 5.75 Å². The molecule has 106 valence electrons. The monoisotopic (exact) mass is 264 g/mol. The van der Waals surface area contributed by atoms with Crippen molar-refractivity contribution in [3.63, 3.8) is 0 Å². The molecule has 0 bridgehead atoms. The molecule has 3 N–H and O–H groups in total. The van der Waals surface area contributed by atoms with Gasteiger partial charge in [0, 0.05) is 6.54 Å². The van der Waals surface area contributed by atoms with Crippen molar-refractivity contribution >= 4 is 11.6 Å². The number of aryl methyl sites for hydroxylation is 1. The summed E-state index contributed by atoms with van der Waals surface area (Å²) in [6.45, 7) is 6.30. The Labute approximate surface area is 115 Å². The molecule has 0 aliphatic heterocycles. The number of carbonyl (C=O) groups excluding carboxylic acids is 1. The lowest BCUT2D eigenvalue weighted by atomic mass is 9.81. The molecule has 0 saturated heterocycles. The summed E-state index contributed by atoms with van der Waals surface area (Å²) >= 11 is 0. The highest BCUT2D eigenvalue weighted by molar-refractivity contribution is 5.96. The molecule has 0 heterocycles. The zero-order chi connectivity index (χ0) is 14.5. The molecule has 19 heavy (non-hydrogen) atoms. The summed E-state index contributed by atoms with van der Waals surface area (Å²) < 4.78 is 5.27. The Morgan fingerprint density at radius 1 is 1.37 bits per heavy atom. The van der Waals surface area contributed by atoms with E-state index < -0.39 is 5.41 Å². The summed E-state index contributed by atoms with van der Waals surface area (Å²) in [4.78, 5) is 12.5. The normalized spacial score (nSPS) is 11.2. The first-order valence-electron chi connectivity index (χ1n) is 6.69. The van der Waals surface area contributed by atoms with E-state index in [0.29, 0.717) is 18.0 Å². The van der Waals surface area contributed by atoms with E-state index in [9.17, 15) is 4.79 Å². The number of carbonyl (C=O) groups is 1. The van der Waals surface area contributed by atoms with Gasteiger partial charge in [0.2, 0.25) is 5.91 Å². The number of hydrogen-bond acceptors (Lipinski definition) is 3. The first kappa shape index (κ1) is 15.5. The van der Waals surface area contributed by atoms with Gasteiger partial charge in [0.15, 0.2) is 0 Å². The van der Waals surface area contributed by atoms with E-state index >= 15 is 0 Å². The predicted molar refractivity (Wildman–Crippen MR) is 78.4 cm³/mol. The van der Waals surface area contributed by atoms with Crippen molar-refractivity contribution in [3.8, 4) is 5.75 Å². The molecule has 1 amide bonds. The van der Waals surface area contributed by atoms with Gasteiger partial charge in [-0.05, 0) is 37.5 Å². The maximum Gasteiger partial charge on any atom is 0.231 e. The number of benzene rings is 1. The van der Waals surface area contributed by atoms with E-state index in [1.54, 1.807) is 7.11 Å². The molecular weight excluding hydrogens is 240 g/mol. The summed E-state index contributed by atoms with van der Waals surface area (Å²) in [7, 11) is 1.59. The number of amides is 1. The van der Waals surface area contributed by atoms with Crippen LogP contribution in [0.2, 0.25) is 0 Å². The summed E-state index contributed by atoms with van der Waals surface area (Å²) in [5.74, 6) is 0.626. The van der Waals surface area contributed by atoms with Gasteiger partial charge in [-0.2, -0.15) is 0 Å². The van der Waals surface area contributed by atoms with Crippen LogP contribution in [0.25, 0.3) is 0 Å². The van der Waals surface area contributed by atoms with E-state index in [0.717, 1.165) is 18.4 Å². The third-order valence-corrected chi connectivity index (χ3v) is 3.83. The van der Waals surface area contributed by atoms with E-state index in [1.165, 1.54) is 0 Å². The van der Waals surface area contributed by atoms with Crippen molar-refractivity contribution in [2.24, 2.45) is 11.1 Å². The van der Waals surface area contributed by atoms with Gasteiger partial charge in [-0.25, -0.2) is 0 Å². The maximum absolute atomic E-state index is 12.5. The van der Waals surface area contributed by atoms with E-state index in [1.807, 2.05) is 39.0 Å². The molecule has 1 rings (SSSR count). The molecule has 1 aromatic rings. The average molecular weight is 264 g/mol. The largest absolute Gasteiger partial charge is 0.495 e. The summed E-state index contributed by atoms with van der Waals surface area (Å²) in [5.41, 5.74) is 7.06. The average Bonchev–Trinajstić information content (AvgIpc) is 2.41. The van der Waals surface area contributed by atoms with Crippen LogP contribution in [0, 0.1) is 12.3 Å². The van der Waals surface area contributed by atoms with Crippen LogP contribution >= 0.6 is 0 Å². The fraction of sp³-hybridized carbons (Fsp3) is 0.533. The van der Waals surface area contributed by atoms with Crippen LogP contribution in [0.15, 0.2) is 18.2 Å². The second-order valence-electron chi connectivity index (χ2n) is 4.85. The van der Waals surface area contributed by atoms with Crippen molar-refractivity contribution in [1.82, 2.24) is 0 Å². The van der Waals surface area contributed by atoms with Crippen molar-refractivity contribution in [3.05, 3.63) is 23.8 Å². The highest BCUT2D eigenvalue weighted by Gasteiger charge is 2.33. The third-order valence-electron chi connectivity index (χ3n) is 3.83. The van der Waals surface area contributed by atoms with Crippen LogP contribution in [-0.4, -0.2) is 19.6 Å². The van der Waals surface area contributed by atoms with Crippen LogP contribution in [0.5, 0.6) is 5.75 Å². The van der Waals surface area contributed by atoms with E-state index in [4.69, 9.17) is 10.5 Å². The number of hydrogen-bond donors (Lipinski definition) is 2. The van der Waals surface area contributed by atoms with E-state index in [2.05, 4.69) is 5.32 Å². The minimum absolute atomic E-state index is 0.0381. The summed E-state index contributed by atoms with van der Waals surface area (Å²) in [6.07, 6.45) is 1.44. The van der Waals surface area contributed by atoms with Crippen molar-refractivity contribution in [1.29, 1.82) is 0 Å². The van der Waals surface area contributed by atoms with Gasteiger partial charge >= 0.3 is 0 Å². The second-order valence-corrected chi connectivity index (χ2v) is 4.85. The molecule has 4 nitrogen and oxygen atoms in total. The third kappa shape index (κ3) is 3.26. The van der Waals surface area contributed by atoms with Gasteiger partial charge in [0.05, 0.1) is 18.2 Å². The quantitative estimate of drug-likeness (QED) is 0.830. The first-order chi connectivity index (χ1) is 9.02. The molecule has 1 aromatic carbocycles. The van der Waals surface area contributed by atoms with Gasteiger partial charge in [-0.1, -0.05) is 19.9 Å². The van der Waals surface area contributed by atoms with Gasteiger partial charge in [-0.3, -0.25) is 4.79 Å². The lowest BCUT2D eigenvalue weighted by Crippen LogP contribution is -2.41. The topological polar surface area (TPSA) is 64.4 Å². The smallest absolute Gasteiger partial charge is 0.231 e. The Morgan fingerprint density at radius 2 is 2.00 bits per heavy atom. The number of ether oxygens (including phenoxy) is 1. The predicted octanol–water partition coefficient (Wildman–Crippen LogP) is 2.71. The standard InChI is InChI=1S/C15H24N2O2/c1-5-15(6-2,10-16)14(18)17-12-9-11(3)7-8-13(12)19-4/h7-9H,5-6,10,16H2,1-4H3,(H,17,18). The zero-order valence-corrected chi connectivity index (χ0v) is 12.2. The van der Waals surface area contributed by atoms with Crippen LogP contribution in [0.4, 0.5) is 5.69 Å². The SMILES string of the molecule is CCC(CC)(CN)C(=O)Nc1cc(C)ccc1OC. The van der Waals surface area contributed by atoms with Crippen LogP contribution in [-0.2, 0) is 4.79 Å². The van der Waals surface area contributed by atoms with Gasteiger partial charge in [0.25, 0.3) is 0 Å². The van der Waals surface area contributed by atoms with Crippen molar-refractivity contribution in [2.75, 3.05) is 19.0 Å². The molecule has 0 unspecified atom stereocenters. The Balaban J connectivity index is 3.01. The molecule has 4 heteroatoms.